The van der Waals surface area contributed by atoms with E-state index < -0.39 is 23.7 Å². The number of oxazole rings is 1. The molecule has 0 aliphatic carbocycles. The van der Waals surface area contributed by atoms with Crippen LogP contribution in [-0.2, 0) is 22.7 Å². The number of halogens is 3. The number of aliphatic imine (C=N–C) groups is 1. The van der Waals surface area contributed by atoms with Crippen LogP contribution in [0.3, 0.4) is 0 Å². The van der Waals surface area contributed by atoms with Gasteiger partial charge in [0.15, 0.2) is 5.58 Å². The number of hydrogen-bond acceptors (Lipinski definition) is 5. The Morgan fingerprint density at radius 3 is 2.50 bits per heavy atom. The van der Waals surface area contributed by atoms with Crippen LogP contribution in [0.1, 0.15) is 34.3 Å². The number of amidine groups is 1. The molecule has 198 valence electrons. The predicted molar refractivity (Wildman–Crippen MR) is 128 cm³/mol. The number of amides is 3. The second-order valence-electron chi connectivity index (χ2n) is 9.14. The van der Waals surface area contributed by atoms with Crippen molar-refractivity contribution in [3.63, 3.8) is 0 Å². The third-order valence-electron chi connectivity index (χ3n) is 6.83. The Bertz CT molecular complexity index is 1530. The van der Waals surface area contributed by atoms with Gasteiger partial charge in [0.1, 0.15) is 12.4 Å². The van der Waals surface area contributed by atoms with Crippen molar-refractivity contribution in [1.82, 2.24) is 14.4 Å². The fraction of sp³-hybridized carbons (Fsp3) is 0.320. The molecule has 3 heterocycles. The van der Waals surface area contributed by atoms with E-state index in [0.29, 0.717) is 49.1 Å². The first-order chi connectivity index (χ1) is 18.0. The highest BCUT2D eigenvalue weighted by molar-refractivity contribution is 6.07. The number of carbonyl (C=O) groups excluding carboxylic acids is 3. The van der Waals surface area contributed by atoms with Crippen LogP contribution in [0.4, 0.5) is 13.2 Å². The minimum absolute atomic E-state index is 0.0407. The highest BCUT2D eigenvalue weighted by Gasteiger charge is 2.39. The van der Waals surface area contributed by atoms with Crippen molar-refractivity contribution in [3.8, 4) is 0 Å². The number of hydrogen-bond donors (Lipinski definition) is 1. The summed E-state index contributed by atoms with van der Waals surface area (Å²) in [4.78, 5) is 55.5. The molecule has 5 rings (SSSR count). The van der Waals surface area contributed by atoms with Crippen LogP contribution in [0.15, 0.2) is 56.7 Å². The molecule has 13 heteroatoms. The Balaban J connectivity index is 1.23. The van der Waals surface area contributed by atoms with Crippen LogP contribution in [0, 0.1) is 0 Å². The number of aromatic nitrogens is 1. The van der Waals surface area contributed by atoms with Crippen molar-refractivity contribution < 1.29 is 32.0 Å². The van der Waals surface area contributed by atoms with Gasteiger partial charge in [-0.15, -0.1) is 0 Å². The Kier molecular flexibility index (Phi) is 6.29. The van der Waals surface area contributed by atoms with Gasteiger partial charge in [-0.3, -0.25) is 19.0 Å². The van der Waals surface area contributed by atoms with Crippen molar-refractivity contribution in [3.05, 3.63) is 69.7 Å². The molecule has 1 aromatic heterocycles. The number of alkyl halides is 3. The summed E-state index contributed by atoms with van der Waals surface area (Å²) in [5, 5.41) is 0. The lowest BCUT2D eigenvalue weighted by Gasteiger charge is -2.36. The van der Waals surface area contributed by atoms with E-state index in [2.05, 4.69) is 4.99 Å². The van der Waals surface area contributed by atoms with E-state index in [0.717, 1.165) is 0 Å². The maximum Gasteiger partial charge on any atom is 0.473 e. The van der Waals surface area contributed by atoms with E-state index in [1.165, 1.54) is 16.7 Å². The van der Waals surface area contributed by atoms with Gasteiger partial charge in [0.2, 0.25) is 5.91 Å². The topological polar surface area (TPSA) is 131 Å². The van der Waals surface area contributed by atoms with Crippen LogP contribution >= 0.6 is 0 Å². The number of likely N-dealkylation sites (tertiary alicyclic amines) is 1. The lowest BCUT2D eigenvalue weighted by atomic mass is 10.0. The minimum Gasteiger partial charge on any atom is -0.408 e. The van der Waals surface area contributed by atoms with E-state index in [1.807, 2.05) is 0 Å². The molecule has 2 aliphatic rings. The molecule has 3 amide bonds. The number of rotatable bonds is 4. The summed E-state index contributed by atoms with van der Waals surface area (Å²) in [6, 6.07) is 11.0. The molecular formula is C25H22F3N5O5. The molecule has 0 atom stereocenters. The second-order valence-corrected chi connectivity index (χ2v) is 9.14. The van der Waals surface area contributed by atoms with Crippen molar-refractivity contribution in [1.29, 1.82) is 0 Å². The highest BCUT2D eigenvalue weighted by atomic mass is 19.4. The maximum atomic E-state index is 13.1. The summed E-state index contributed by atoms with van der Waals surface area (Å²) >= 11 is 0. The molecular weight excluding hydrogens is 507 g/mol. The molecule has 38 heavy (non-hydrogen) atoms. The second kappa shape index (κ2) is 9.47. The number of para-hydroxylation sites is 2. The first-order valence-electron chi connectivity index (χ1n) is 11.8. The van der Waals surface area contributed by atoms with Gasteiger partial charge in [0.05, 0.1) is 5.52 Å². The fourth-order valence-electron chi connectivity index (χ4n) is 4.84. The standard InChI is InChI=1S/C25H22F3N5O5/c26-25(27,28)23(36)30-21(29)14-5-6-15-12-32(22(35)17(15)11-14)16-7-9-31(10-8-16)20(34)13-33-18-3-1-2-4-19(18)38-24(33)37/h1-6,11,16H,7-10,12-13H2,(H2,29,30,36). The van der Waals surface area contributed by atoms with Crippen LogP contribution in [0.25, 0.3) is 11.1 Å². The smallest absolute Gasteiger partial charge is 0.408 e. The average Bonchev–Trinajstić information content (AvgIpc) is 3.39. The summed E-state index contributed by atoms with van der Waals surface area (Å²) < 4.78 is 44.0. The Morgan fingerprint density at radius 1 is 1.08 bits per heavy atom. The van der Waals surface area contributed by atoms with Crippen molar-refractivity contribution in [2.45, 2.75) is 38.1 Å². The number of benzene rings is 2. The first-order valence-corrected chi connectivity index (χ1v) is 11.8. The van der Waals surface area contributed by atoms with Crippen LogP contribution in [0.2, 0.25) is 0 Å². The van der Waals surface area contributed by atoms with Gasteiger partial charge >= 0.3 is 17.8 Å². The van der Waals surface area contributed by atoms with Crippen LogP contribution in [-0.4, -0.2) is 63.2 Å². The molecule has 1 fully saturated rings. The number of nitrogens with two attached hydrogens (primary N) is 1. The average molecular weight is 529 g/mol. The van der Waals surface area contributed by atoms with Gasteiger partial charge in [0, 0.05) is 36.8 Å². The molecule has 2 aliphatic heterocycles. The van der Waals surface area contributed by atoms with Crippen LogP contribution < -0.4 is 11.5 Å². The fourth-order valence-corrected chi connectivity index (χ4v) is 4.84. The van der Waals surface area contributed by atoms with E-state index in [9.17, 15) is 32.3 Å². The van der Waals surface area contributed by atoms with Crippen molar-refractivity contribution >= 4 is 34.7 Å². The molecule has 3 aromatic rings. The maximum absolute atomic E-state index is 13.1. The molecule has 10 nitrogen and oxygen atoms in total. The number of fused-ring (bicyclic) bond motifs is 2. The summed E-state index contributed by atoms with van der Waals surface area (Å²) in [7, 11) is 0. The monoisotopic (exact) mass is 529 g/mol. The largest absolute Gasteiger partial charge is 0.473 e. The van der Waals surface area contributed by atoms with Gasteiger partial charge in [-0.05, 0) is 36.6 Å². The zero-order valence-electron chi connectivity index (χ0n) is 19.9. The van der Waals surface area contributed by atoms with Gasteiger partial charge in [0.25, 0.3) is 5.91 Å². The lowest BCUT2D eigenvalue weighted by Crippen LogP contribution is -2.47. The third-order valence-corrected chi connectivity index (χ3v) is 6.83. The normalized spacial score (nSPS) is 16.8. The van der Waals surface area contributed by atoms with Gasteiger partial charge in [-0.2, -0.15) is 18.2 Å². The Hall–Kier alpha value is -4.42. The number of nitrogens with zero attached hydrogens (tertiary/aromatic N) is 4. The predicted octanol–water partition coefficient (Wildman–Crippen LogP) is 2.04. The van der Waals surface area contributed by atoms with Crippen LogP contribution in [0.5, 0.6) is 0 Å². The van der Waals surface area contributed by atoms with Crippen molar-refractivity contribution in [2.24, 2.45) is 10.7 Å². The number of piperidine rings is 1. The van der Waals surface area contributed by atoms with Crippen molar-refractivity contribution in [2.75, 3.05) is 13.1 Å². The van der Waals surface area contributed by atoms with E-state index in [4.69, 9.17) is 10.2 Å². The van der Waals surface area contributed by atoms with Gasteiger partial charge in [-0.25, -0.2) is 4.79 Å². The quantitative estimate of drug-likeness (QED) is 0.407. The van der Waals surface area contributed by atoms with E-state index in [1.54, 1.807) is 40.1 Å². The molecule has 0 unspecified atom stereocenters. The summed E-state index contributed by atoms with van der Waals surface area (Å²) in [5.74, 6) is -4.10. The molecule has 0 radical (unpaired) electrons. The van der Waals surface area contributed by atoms with Gasteiger partial charge < -0.3 is 20.0 Å². The molecule has 0 spiro atoms. The highest BCUT2D eigenvalue weighted by Crippen LogP contribution is 2.29. The summed E-state index contributed by atoms with van der Waals surface area (Å²) in [6.45, 7) is 0.927. The molecule has 2 N–H and O–H groups in total. The molecule has 1 saturated heterocycles. The zero-order chi connectivity index (χ0) is 27.2. The van der Waals surface area contributed by atoms with Gasteiger partial charge in [-0.1, -0.05) is 24.3 Å². The van der Waals surface area contributed by atoms with E-state index in [-0.39, 0.29) is 35.5 Å². The summed E-state index contributed by atoms with van der Waals surface area (Å²) in [5.41, 5.74) is 7.52. The Morgan fingerprint density at radius 2 is 1.79 bits per heavy atom. The minimum atomic E-state index is -5.15. The molecule has 0 saturated carbocycles. The number of carbonyl (C=O) groups is 3. The van der Waals surface area contributed by atoms with E-state index >= 15 is 0 Å². The SMILES string of the molecule is NC(=NC(=O)C(F)(F)F)c1ccc2c(c1)C(=O)N(C1CCN(C(=O)Cn3c(=O)oc4ccccc43)CC1)C2. The third kappa shape index (κ3) is 4.66. The zero-order valence-corrected chi connectivity index (χ0v) is 19.9. The Labute approximate surface area is 213 Å². The first kappa shape index (κ1) is 25.2. The molecule has 0 bridgehead atoms. The summed E-state index contributed by atoms with van der Waals surface area (Å²) in [6.07, 6.45) is -4.11. The lowest BCUT2D eigenvalue weighted by molar-refractivity contribution is -0.169. The molecule has 2 aromatic carbocycles.